The Morgan fingerprint density at radius 3 is 0.877 bits per heavy atom. The molecule has 0 radical (unpaired) electrons. The summed E-state index contributed by atoms with van der Waals surface area (Å²) in [6.07, 6.45) is 81.5. The van der Waals surface area contributed by atoms with Gasteiger partial charge in [-0.25, -0.2) is 0 Å². The maximum atomic E-state index is 12.8. The highest BCUT2D eigenvalue weighted by atomic mass is 16.6. The van der Waals surface area contributed by atoms with Crippen molar-refractivity contribution < 1.29 is 28.6 Å². The van der Waals surface area contributed by atoms with E-state index >= 15 is 0 Å². The number of hydrogen-bond acceptors (Lipinski definition) is 6. The lowest BCUT2D eigenvalue weighted by Gasteiger charge is -2.18. The molecule has 0 aromatic rings. The summed E-state index contributed by atoms with van der Waals surface area (Å²) < 4.78 is 16.8. The van der Waals surface area contributed by atoms with Crippen LogP contribution in [0.5, 0.6) is 0 Å². The smallest absolute Gasteiger partial charge is 0.306 e. The highest BCUT2D eigenvalue weighted by Gasteiger charge is 2.19. The predicted molar refractivity (Wildman–Crippen MR) is 316 cm³/mol. The van der Waals surface area contributed by atoms with E-state index in [0.717, 1.165) is 89.9 Å². The molecule has 0 aromatic carbocycles. The molecule has 0 heterocycles. The van der Waals surface area contributed by atoms with Crippen molar-refractivity contribution in [3.8, 4) is 0 Å². The van der Waals surface area contributed by atoms with E-state index in [4.69, 9.17) is 14.2 Å². The first-order valence-electron chi connectivity index (χ1n) is 30.7. The minimum atomic E-state index is -0.805. The normalized spacial score (nSPS) is 12.8. The molecule has 0 aliphatic heterocycles. The SMILES string of the molecule is CC/C=C\C/C=C\C/C=C\C/C=C\C/C=C\CCCC(=O)OC(COC(=O)CCCCCCCCCCC)COC(=O)CCCCCCCCCCCCCCCC/C=C\C/C=C\C/C=C\CCCCCCC. The summed E-state index contributed by atoms with van der Waals surface area (Å²) in [6, 6.07) is 0. The standard InChI is InChI=1S/C67H114O6/c1-4-7-10-13-16-19-21-23-25-27-28-29-30-31-32-33-34-35-36-37-38-40-41-43-45-48-51-54-57-60-66(69)72-63-64(62-71-65(68)59-56-53-50-47-18-15-12-9-6-3)73-67(70)61-58-55-52-49-46-44-42-39-26-24-22-20-17-14-11-8-5-2/h8,11,17,20-21,23-24,26-28,30-31,42,44,49,52,64H,4-7,9-10,12-16,18-19,22,25,29,32-41,43,45-48,50-51,53-63H2,1-3H3/b11-8-,20-17-,23-21-,26-24-,28-27-,31-30-,44-42-,52-49-. The Hall–Kier alpha value is -3.67. The number of hydrogen-bond donors (Lipinski definition) is 0. The summed E-state index contributed by atoms with van der Waals surface area (Å²) in [5.41, 5.74) is 0. The third-order valence-corrected chi connectivity index (χ3v) is 13.1. The summed E-state index contributed by atoms with van der Waals surface area (Å²) >= 11 is 0. The van der Waals surface area contributed by atoms with Gasteiger partial charge in [0.25, 0.3) is 0 Å². The van der Waals surface area contributed by atoms with Gasteiger partial charge in [0.05, 0.1) is 0 Å². The zero-order chi connectivity index (χ0) is 52.9. The van der Waals surface area contributed by atoms with Crippen LogP contribution in [0.2, 0.25) is 0 Å². The molecule has 0 rings (SSSR count). The van der Waals surface area contributed by atoms with E-state index in [-0.39, 0.29) is 37.5 Å². The van der Waals surface area contributed by atoms with Crippen LogP contribution in [0.15, 0.2) is 97.2 Å². The van der Waals surface area contributed by atoms with Gasteiger partial charge in [0, 0.05) is 19.3 Å². The molecule has 1 unspecified atom stereocenters. The van der Waals surface area contributed by atoms with Crippen molar-refractivity contribution in [3.05, 3.63) is 97.2 Å². The number of allylic oxidation sites excluding steroid dienone is 16. The van der Waals surface area contributed by atoms with Crippen molar-refractivity contribution >= 4 is 17.9 Å². The van der Waals surface area contributed by atoms with E-state index in [9.17, 15) is 14.4 Å². The molecule has 418 valence electrons. The van der Waals surface area contributed by atoms with E-state index in [2.05, 4.69) is 118 Å². The fraction of sp³-hybridized carbons (Fsp3) is 0.716. The molecule has 0 bridgehead atoms. The fourth-order valence-electron chi connectivity index (χ4n) is 8.49. The molecule has 0 saturated heterocycles. The Balaban J connectivity index is 4.22. The molecule has 1 atom stereocenters. The zero-order valence-electron chi connectivity index (χ0n) is 47.9. The lowest BCUT2D eigenvalue weighted by atomic mass is 10.0. The zero-order valence-corrected chi connectivity index (χ0v) is 47.9. The van der Waals surface area contributed by atoms with Crippen LogP contribution >= 0.6 is 0 Å². The molecule has 0 spiro atoms. The minimum absolute atomic E-state index is 0.0983. The van der Waals surface area contributed by atoms with E-state index in [0.29, 0.717) is 19.3 Å². The Labute approximate surface area is 451 Å². The summed E-state index contributed by atoms with van der Waals surface area (Å²) in [5.74, 6) is -0.955. The largest absolute Gasteiger partial charge is 0.462 e. The molecule has 6 nitrogen and oxygen atoms in total. The van der Waals surface area contributed by atoms with Crippen LogP contribution in [-0.4, -0.2) is 37.2 Å². The molecular weight excluding hydrogens is 901 g/mol. The average Bonchev–Trinajstić information content (AvgIpc) is 3.39. The summed E-state index contributed by atoms with van der Waals surface area (Å²) in [6.45, 7) is 6.46. The van der Waals surface area contributed by atoms with Gasteiger partial charge >= 0.3 is 17.9 Å². The van der Waals surface area contributed by atoms with Gasteiger partial charge in [-0.15, -0.1) is 0 Å². The maximum absolute atomic E-state index is 12.8. The first-order chi connectivity index (χ1) is 36.0. The van der Waals surface area contributed by atoms with Crippen LogP contribution in [0.4, 0.5) is 0 Å². The van der Waals surface area contributed by atoms with Crippen LogP contribution in [-0.2, 0) is 28.6 Å². The van der Waals surface area contributed by atoms with Crippen molar-refractivity contribution in [2.75, 3.05) is 13.2 Å². The highest BCUT2D eigenvalue weighted by molar-refractivity contribution is 5.71. The third-order valence-electron chi connectivity index (χ3n) is 13.1. The number of ether oxygens (including phenoxy) is 3. The van der Waals surface area contributed by atoms with Crippen molar-refractivity contribution in [3.63, 3.8) is 0 Å². The molecule has 0 aromatic heterocycles. The maximum Gasteiger partial charge on any atom is 0.306 e. The van der Waals surface area contributed by atoms with E-state index in [1.165, 1.54) is 154 Å². The van der Waals surface area contributed by atoms with E-state index < -0.39 is 6.10 Å². The highest BCUT2D eigenvalue weighted by Crippen LogP contribution is 2.16. The number of esters is 3. The van der Waals surface area contributed by atoms with E-state index in [1.807, 2.05) is 0 Å². The Kier molecular flexibility index (Phi) is 57.8. The number of carbonyl (C=O) groups excluding carboxylic acids is 3. The molecule has 0 fully saturated rings. The van der Waals surface area contributed by atoms with Crippen molar-refractivity contribution in [1.29, 1.82) is 0 Å². The van der Waals surface area contributed by atoms with Gasteiger partial charge in [-0.2, -0.15) is 0 Å². The fourth-order valence-corrected chi connectivity index (χ4v) is 8.49. The number of rotatable bonds is 55. The Morgan fingerprint density at radius 1 is 0.288 bits per heavy atom. The second kappa shape index (κ2) is 60.9. The van der Waals surface area contributed by atoms with Gasteiger partial charge in [0.2, 0.25) is 0 Å². The molecule has 0 saturated carbocycles. The average molecular weight is 1020 g/mol. The molecule has 0 aliphatic rings. The lowest BCUT2D eigenvalue weighted by Crippen LogP contribution is -2.30. The number of carbonyl (C=O) groups is 3. The third kappa shape index (κ3) is 59.1. The first-order valence-corrected chi connectivity index (χ1v) is 30.7. The van der Waals surface area contributed by atoms with Crippen LogP contribution in [0.25, 0.3) is 0 Å². The Morgan fingerprint density at radius 2 is 0.548 bits per heavy atom. The predicted octanol–water partition coefficient (Wildman–Crippen LogP) is 20.9. The van der Waals surface area contributed by atoms with Gasteiger partial charge < -0.3 is 14.2 Å². The molecule has 0 amide bonds. The molecular formula is C67H114O6. The molecule has 0 aliphatic carbocycles. The van der Waals surface area contributed by atoms with Gasteiger partial charge in [0.1, 0.15) is 13.2 Å². The van der Waals surface area contributed by atoms with Gasteiger partial charge in [-0.05, 0) is 96.3 Å². The minimum Gasteiger partial charge on any atom is -0.462 e. The lowest BCUT2D eigenvalue weighted by molar-refractivity contribution is -0.167. The van der Waals surface area contributed by atoms with Crippen LogP contribution in [0.1, 0.15) is 290 Å². The second-order valence-corrected chi connectivity index (χ2v) is 20.2. The van der Waals surface area contributed by atoms with Crippen molar-refractivity contribution in [1.82, 2.24) is 0 Å². The van der Waals surface area contributed by atoms with E-state index in [1.54, 1.807) is 0 Å². The first kappa shape index (κ1) is 69.3. The quantitative estimate of drug-likeness (QED) is 0.0261. The van der Waals surface area contributed by atoms with Crippen LogP contribution < -0.4 is 0 Å². The summed E-state index contributed by atoms with van der Waals surface area (Å²) in [5, 5.41) is 0. The molecule has 73 heavy (non-hydrogen) atoms. The van der Waals surface area contributed by atoms with Crippen molar-refractivity contribution in [2.24, 2.45) is 0 Å². The van der Waals surface area contributed by atoms with Gasteiger partial charge in [-0.1, -0.05) is 272 Å². The van der Waals surface area contributed by atoms with Crippen molar-refractivity contribution in [2.45, 2.75) is 297 Å². The number of unbranched alkanes of at least 4 members (excludes halogenated alkanes) is 28. The second-order valence-electron chi connectivity index (χ2n) is 20.2. The van der Waals surface area contributed by atoms with Crippen LogP contribution in [0.3, 0.4) is 0 Å². The monoisotopic (exact) mass is 1010 g/mol. The van der Waals surface area contributed by atoms with Gasteiger partial charge in [-0.3, -0.25) is 14.4 Å². The molecule has 6 heteroatoms. The van der Waals surface area contributed by atoms with Gasteiger partial charge in [0.15, 0.2) is 6.10 Å². The van der Waals surface area contributed by atoms with Crippen LogP contribution in [0, 0.1) is 0 Å². The summed E-state index contributed by atoms with van der Waals surface area (Å²) in [4.78, 5) is 38.1. The summed E-state index contributed by atoms with van der Waals surface area (Å²) in [7, 11) is 0. The molecule has 0 N–H and O–H groups in total. The topological polar surface area (TPSA) is 78.9 Å². The Bertz CT molecular complexity index is 1440.